The molecule has 0 bridgehead atoms. The highest BCUT2D eigenvalue weighted by atomic mass is 16.2. The fraction of sp³-hybridized carbons (Fsp3) is 0.250. The number of nitrogens with one attached hydrogen (secondary N) is 1. The summed E-state index contributed by atoms with van der Waals surface area (Å²) in [5.41, 5.74) is 7.86. The maximum absolute atomic E-state index is 12.0. The van der Waals surface area contributed by atoms with Crippen LogP contribution in [0.4, 0.5) is 0 Å². The number of carbonyl (C=O) groups excluding carboxylic acids is 1. The van der Waals surface area contributed by atoms with Gasteiger partial charge in [-0.05, 0) is 30.2 Å². The molecule has 2 aromatic rings. The van der Waals surface area contributed by atoms with Crippen molar-refractivity contribution in [3.63, 3.8) is 0 Å². The van der Waals surface area contributed by atoms with E-state index in [-0.39, 0.29) is 11.5 Å². The van der Waals surface area contributed by atoms with Crippen LogP contribution in [-0.2, 0) is 20.0 Å². The van der Waals surface area contributed by atoms with Gasteiger partial charge in [0, 0.05) is 31.4 Å². The summed E-state index contributed by atoms with van der Waals surface area (Å²) in [6.45, 7) is 1.05. The van der Waals surface area contributed by atoms with Gasteiger partial charge >= 0.3 is 0 Å². The van der Waals surface area contributed by atoms with Gasteiger partial charge in [0.05, 0.1) is 0 Å². The highest BCUT2D eigenvalue weighted by Gasteiger charge is 2.06. The Morgan fingerprint density at radius 2 is 1.86 bits per heavy atom. The van der Waals surface area contributed by atoms with Crippen molar-refractivity contribution in [3.05, 3.63) is 69.6 Å². The molecule has 0 aliphatic carbocycles. The first kappa shape index (κ1) is 15.0. The van der Waals surface area contributed by atoms with E-state index in [1.807, 2.05) is 24.3 Å². The zero-order valence-electron chi connectivity index (χ0n) is 12.0. The van der Waals surface area contributed by atoms with E-state index in [2.05, 4.69) is 5.32 Å². The molecule has 0 saturated carbocycles. The van der Waals surface area contributed by atoms with Gasteiger partial charge in [-0.1, -0.05) is 24.3 Å². The third-order valence-electron chi connectivity index (χ3n) is 3.28. The normalized spacial score (nSPS) is 10.4. The van der Waals surface area contributed by atoms with Crippen molar-refractivity contribution in [3.8, 4) is 0 Å². The van der Waals surface area contributed by atoms with Gasteiger partial charge in [-0.3, -0.25) is 9.59 Å². The van der Waals surface area contributed by atoms with Gasteiger partial charge in [-0.25, -0.2) is 0 Å². The lowest BCUT2D eigenvalue weighted by Crippen LogP contribution is -2.25. The van der Waals surface area contributed by atoms with Crippen LogP contribution in [0.3, 0.4) is 0 Å². The Morgan fingerprint density at radius 1 is 1.19 bits per heavy atom. The molecule has 0 unspecified atom stereocenters. The second kappa shape index (κ2) is 6.85. The SMILES string of the molecule is Cn1ccc(C(=O)NCc2ccc(CCN)cc2)cc1=O. The number of aryl methyl sites for hydroxylation is 1. The van der Waals surface area contributed by atoms with Gasteiger partial charge in [0.1, 0.15) is 0 Å². The number of nitrogens with zero attached hydrogens (tertiary/aromatic N) is 1. The molecular weight excluding hydrogens is 266 g/mol. The van der Waals surface area contributed by atoms with E-state index in [0.717, 1.165) is 12.0 Å². The second-order valence-electron chi connectivity index (χ2n) is 4.90. The number of carbonyl (C=O) groups is 1. The summed E-state index contributed by atoms with van der Waals surface area (Å²) in [7, 11) is 1.65. The fourth-order valence-electron chi connectivity index (χ4n) is 1.96. The molecule has 0 atom stereocenters. The maximum Gasteiger partial charge on any atom is 0.251 e. The van der Waals surface area contributed by atoms with Crippen LogP contribution in [-0.4, -0.2) is 17.0 Å². The summed E-state index contributed by atoms with van der Waals surface area (Å²) in [4.78, 5) is 23.5. The van der Waals surface area contributed by atoms with Gasteiger partial charge < -0.3 is 15.6 Å². The monoisotopic (exact) mass is 285 g/mol. The van der Waals surface area contributed by atoms with E-state index >= 15 is 0 Å². The van der Waals surface area contributed by atoms with Crippen molar-refractivity contribution in [2.24, 2.45) is 12.8 Å². The Bertz CT molecular complexity index is 675. The number of amides is 1. The molecule has 1 aromatic heterocycles. The molecule has 5 nitrogen and oxygen atoms in total. The van der Waals surface area contributed by atoms with Gasteiger partial charge in [0.2, 0.25) is 0 Å². The molecule has 0 fully saturated rings. The van der Waals surface area contributed by atoms with Crippen LogP contribution in [0.5, 0.6) is 0 Å². The van der Waals surface area contributed by atoms with Crippen LogP contribution >= 0.6 is 0 Å². The number of hydrogen-bond donors (Lipinski definition) is 2. The van der Waals surface area contributed by atoms with Crippen LogP contribution in [0.15, 0.2) is 47.4 Å². The average Bonchev–Trinajstić information content (AvgIpc) is 2.49. The molecule has 1 aromatic carbocycles. The second-order valence-corrected chi connectivity index (χ2v) is 4.90. The van der Waals surface area contributed by atoms with Crippen molar-refractivity contribution >= 4 is 5.91 Å². The molecule has 110 valence electrons. The van der Waals surface area contributed by atoms with Crippen LogP contribution < -0.4 is 16.6 Å². The zero-order valence-corrected chi connectivity index (χ0v) is 12.0. The Morgan fingerprint density at radius 3 is 2.48 bits per heavy atom. The maximum atomic E-state index is 12.0. The van der Waals surface area contributed by atoms with Crippen LogP contribution in [0.25, 0.3) is 0 Å². The summed E-state index contributed by atoms with van der Waals surface area (Å²) < 4.78 is 1.42. The topological polar surface area (TPSA) is 77.1 Å². The number of rotatable bonds is 5. The van der Waals surface area contributed by atoms with Crippen molar-refractivity contribution < 1.29 is 4.79 Å². The van der Waals surface area contributed by atoms with Crippen molar-refractivity contribution in [2.75, 3.05) is 6.54 Å². The zero-order chi connectivity index (χ0) is 15.2. The third kappa shape index (κ3) is 4.03. The number of pyridine rings is 1. The predicted octanol–water partition coefficient (Wildman–Crippen LogP) is 0.816. The molecule has 0 radical (unpaired) electrons. The first-order valence-electron chi connectivity index (χ1n) is 6.83. The number of hydrogen-bond acceptors (Lipinski definition) is 3. The average molecular weight is 285 g/mol. The van der Waals surface area contributed by atoms with E-state index in [1.165, 1.54) is 16.2 Å². The third-order valence-corrected chi connectivity index (χ3v) is 3.28. The standard InChI is InChI=1S/C16H19N3O2/c1-19-9-7-14(10-15(19)20)16(21)18-11-13-4-2-12(3-5-13)6-8-17/h2-5,7,9-10H,6,8,11,17H2,1H3,(H,18,21). The predicted molar refractivity (Wildman–Crippen MR) is 82.1 cm³/mol. The molecule has 5 heteroatoms. The summed E-state index contributed by atoms with van der Waals surface area (Å²) in [5.74, 6) is -0.251. The number of benzene rings is 1. The molecule has 3 N–H and O–H groups in total. The highest BCUT2D eigenvalue weighted by Crippen LogP contribution is 2.05. The fourth-order valence-corrected chi connectivity index (χ4v) is 1.96. The van der Waals surface area contributed by atoms with Crippen molar-refractivity contribution in [1.82, 2.24) is 9.88 Å². The van der Waals surface area contributed by atoms with E-state index in [9.17, 15) is 9.59 Å². The first-order chi connectivity index (χ1) is 10.1. The van der Waals surface area contributed by atoms with Crippen LogP contribution in [0, 0.1) is 0 Å². The minimum absolute atomic E-state index is 0.200. The van der Waals surface area contributed by atoms with Gasteiger partial charge in [-0.2, -0.15) is 0 Å². The van der Waals surface area contributed by atoms with E-state index in [0.29, 0.717) is 18.7 Å². The Balaban J connectivity index is 1.97. The van der Waals surface area contributed by atoms with Crippen LogP contribution in [0.1, 0.15) is 21.5 Å². The van der Waals surface area contributed by atoms with Gasteiger partial charge in [0.25, 0.3) is 11.5 Å². The Kier molecular flexibility index (Phi) is 4.90. The minimum atomic E-state index is -0.251. The van der Waals surface area contributed by atoms with E-state index in [4.69, 9.17) is 5.73 Å². The Labute approximate surface area is 123 Å². The molecule has 2 rings (SSSR count). The summed E-state index contributed by atoms with van der Waals surface area (Å²) in [6, 6.07) is 10.9. The van der Waals surface area contributed by atoms with Crippen LogP contribution in [0.2, 0.25) is 0 Å². The summed E-state index contributed by atoms with van der Waals surface area (Å²) in [6.07, 6.45) is 2.43. The molecule has 1 amide bonds. The summed E-state index contributed by atoms with van der Waals surface area (Å²) >= 11 is 0. The number of aromatic nitrogens is 1. The molecule has 1 heterocycles. The van der Waals surface area contributed by atoms with E-state index in [1.54, 1.807) is 19.3 Å². The molecular formula is C16H19N3O2. The Hall–Kier alpha value is -2.40. The van der Waals surface area contributed by atoms with Gasteiger partial charge in [-0.15, -0.1) is 0 Å². The minimum Gasteiger partial charge on any atom is -0.348 e. The largest absolute Gasteiger partial charge is 0.348 e. The summed E-state index contributed by atoms with van der Waals surface area (Å²) in [5, 5.41) is 2.80. The van der Waals surface area contributed by atoms with Gasteiger partial charge in [0.15, 0.2) is 0 Å². The molecule has 0 spiro atoms. The van der Waals surface area contributed by atoms with Crippen molar-refractivity contribution in [1.29, 1.82) is 0 Å². The highest BCUT2D eigenvalue weighted by molar-refractivity contribution is 5.93. The smallest absolute Gasteiger partial charge is 0.251 e. The lowest BCUT2D eigenvalue weighted by molar-refractivity contribution is 0.0950. The lowest BCUT2D eigenvalue weighted by atomic mass is 10.1. The first-order valence-corrected chi connectivity index (χ1v) is 6.83. The lowest BCUT2D eigenvalue weighted by Gasteiger charge is -2.07. The molecule has 21 heavy (non-hydrogen) atoms. The molecule has 0 aliphatic rings. The quantitative estimate of drug-likeness (QED) is 0.853. The molecule has 0 saturated heterocycles. The van der Waals surface area contributed by atoms with E-state index < -0.39 is 0 Å². The molecule has 0 aliphatic heterocycles. The number of nitrogens with two attached hydrogens (primary N) is 1. The van der Waals surface area contributed by atoms with Crippen molar-refractivity contribution in [2.45, 2.75) is 13.0 Å².